The molecule has 3 heterocycles. The van der Waals surface area contributed by atoms with Crippen LogP contribution in [0.2, 0.25) is 0 Å². The van der Waals surface area contributed by atoms with Crippen molar-refractivity contribution in [3.05, 3.63) is 258 Å². The van der Waals surface area contributed by atoms with Crippen molar-refractivity contribution in [2.45, 2.75) is 5.41 Å². The second kappa shape index (κ2) is 14.1. The van der Waals surface area contributed by atoms with Gasteiger partial charge in [-0.05, 0) is 113 Å². The van der Waals surface area contributed by atoms with E-state index in [0.29, 0.717) is 0 Å². The lowest BCUT2D eigenvalue weighted by Crippen LogP contribution is -2.32. The second-order valence-corrected chi connectivity index (χ2v) is 17.0. The Bertz CT molecular complexity index is 3900. The predicted molar refractivity (Wildman–Crippen MR) is 269 cm³/mol. The molecule has 0 unspecified atom stereocenters. The van der Waals surface area contributed by atoms with E-state index in [2.05, 4.69) is 250 Å². The maximum Gasteiger partial charge on any atom is 0.0641 e. The van der Waals surface area contributed by atoms with E-state index in [-0.39, 0.29) is 0 Å². The van der Waals surface area contributed by atoms with Crippen molar-refractivity contribution < 1.29 is 0 Å². The van der Waals surface area contributed by atoms with Crippen molar-refractivity contribution in [1.29, 1.82) is 0 Å². The van der Waals surface area contributed by atoms with Crippen LogP contribution >= 0.6 is 0 Å². The lowest BCUT2D eigenvalue weighted by atomic mass is 9.68. The second-order valence-electron chi connectivity index (χ2n) is 17.0. The molecule has 13 rings (SSSR count). The predicted octanol–water partition coefficient (Wildman–Crippen LogP) is 13.6. The molecule has 1 aliphatic rings. The monoisotopic (exact) mass is 815 g/mol. The topological polar surface area (TPSA) is 14.8 Å². The first-order chi connectivity index (χ1) is 31.7. The van der Waals surface area contributed by atoms with E-state index in [1.807, 2.05) is 0 Å². The van der Waals surface area contributed by atoms with Crippen LogP contribution in [0.1, 0.15) is 16.7 Å². The summed E-state index contributed by atoms with van der Waals surface area (Å²) >= 11 is 0. The summed E-state index contributed by atoms with van der Waals surface area (Å²) in [6.07, 6.45) is 6.84. The van der Waals surface area contributed by atoms with Crippen LogP contribution in [0, 0.1) is 0 Å². The van der Waals surface area contributed by atoms with Crippen LogP contribution in [0.3, 0.4) is 0 Å². The van der Waals surface area contributed by atoms with Crippen LogP contribution in [0.15, 0.2) is 231 Å². The molecular formula is C61H41N3. The molecule has 1 aliphatic carbocycles. The third-order valence-electron chi connectivity index (χ3n) is 13.7. The Balaban J connectivity index is 0.933. The molecule has 2 bridgehead atoms. The molecule has 0 amide bonds. The molecule has 0 saturated carbocycles. The van der Waals surface area contributed by atoms with Crippen molar-refractivity contribution in [2.75, 3.05) is 0 Å². The van der Waals surface area contributed by atoms with Gasteiger partial charge < -0.3 is 13.7 Å². The highest BCUT2D eigenvalue weighted by Crippen LogP contribution is 2.44. The van der Waals surface area contributed by atoms with Crippen LogP contribution < -0.4 is 10.6 Å². The summed E-state index contributed by atoms with van der Waals surface area (Å²) in [4.78, 5) is 0. The Kier molecular flexibility index (Phi) is 7.97. The van der Waals surface area contributed by atoms with Gasteiger partial charge in [0.15, 0.2) is 0 Å². The van der Waals surface area contributed by atoms with Crippen LogP contribution in [-0.2, 0) is 5.41 Å². The van der Waals surface area contributed by atoms with Gasteiger partial charge in [0.05, 0.1) is 38.3 Å². The maximum absolute atomic E-state index is 4.77. The zero-order valence-corrected chi connectivity index (χ0v) is 35.1. The molecule has 0 saturated heterocycles. The van der Waals surface area contributed by atoms with Gasteiger partial charge in [-0.3, -0.25) is 0 Å². The number of hydrogen-bond acceptors (Lipinski definition) is 0. The Labute approximate surface area is 370 Å². The largest absolute Gasteiger partial charge is 0.309 e. The zero-order valence-electron chi connectivity index (χ0n) is 35.1. The summed E-state index contributed by atoms with van der Waals surface area (Å²) in [5.74, 6) is 0. The molecule has 0 N–H and O–H groups in total. The van der Waals surface area contributed by atoms with Gasteiger partial charge in [-0.1, -0.05) is 158 Å². The lowest BCUT2D eigenvalue weighted by Gasteiger charge is -2.34. The number of hydrogen-bond donors (Lipinski definition) is 0. The van der Waals surface area contributed by atoms with Crippen LogP contribution in [0.5, 0.6) is 0 Å². The number of aromatic nitrogens is 3. The zero-order chi connectivity index (χ0) is 42.4. The van der Waals surface area contributed by atoms with Gasteiger partial charge in [0.25, 0.3) is 0 Å². The smallest absolute Gasteiger partial charge is 0.0641 e. The Hall–Kier alpha value is -8.40. The van der Waals surface area contributed by atoms with Gasteiger partial charge in [-0.15, -0.1) is 0 Å². The van der Waals surface area contributed by atoms with Gasteiger partial charge in [-0.2, -0.15) is 0 Å². The van der Waals surface area contributed by atoms with Crippen LogP contribution in [0.25, 0.3) is 95.4 Å². The normalized spacial score (nSPS) is 14.3. The SMILES string of the molecule is C=c1/c2n(-c3ccc(-n4c5ccccc5c5cc(-c6ccc7c(c6)c6ccccc6n7-c6ccccc6)ccc54)cc3)c3cccc(c13)C(c1ccccc1)(c1ccccc1)/C=C\C=2. The first-order valence-electron chi connectivity index (χ1n) is 22.0. The van der Waals surface area contributed by atoms with E-state index >= 15 is 0 Å². The van der Waals surface area contributed by atoms with Gasteiger partial charge in [0.2, 0.25) is 0 Å². The number of fused-ring (bicyclic) bond motifs is 7. The fraction of sp³-hybridized carbons (Fsp3) is 0.0164. The van der Waals surface area contributed by atoms with Gasteiger partial charge in [-0.25, -0.2) is 0 Å². The maximum atomic E-state index is 4.77. The van der Waals surface area contributed by atoms with Gasteiger partial charge in [0, 0.05) is 49.2 Å². The molecule has 3 aromatic heterocycles. The fourth-order valence-corrected chi connectivity index (χ4v) is 10.9. The van der Waals surface area contributed by atoms with Crippen molar-refractivity contribution in [2.24, 2.45) is 0 Å². The highest BCUT2D eigenvalue weighted by Gasteiger charge is 2.36. The molecule has 300 valence electrons. The van der Waals surface area contributed by atoms with Crippen molar-refractivity contribution in [3.8, 4) is 28.2 Å². The Morgan fingerprint density at radius 2 is 0.812 bits per heavy atom. The van der Waals surface area contributed by atoms with E-state index in [1.165, 1.54) is 82.5 Å². The first kappa shape index (κ1) is 36.3. The van der Waals surface area contributed by atoms with E-state index in [9.17, 15) is 0 Å². The first-order valence-corrected chi connectivity index (χ1v) is 22.0. The minimum Gasteiger partial charge on any atom is -0.309 e. The van der Waals surface area contributed by atoms with Crippen molar-refractivity contribution >= 4 is 67.2 Å². The number of nitrogens with zero attached hydrogens (tertiary/aromatic N) is 3. The Morgan fingerprint density at radius 3 is 1.38 bits per heavy atom. The number of para-hydroxylation sites is 3. The standard InChI is InChI=1S/C61H41N3/c1-41-54-29-16-38-61(44-17-5-2-6-18-44,45-19-7-3-8-20-45)53-25-15-28-59(60(41)53)62(54)47-32-34-48(35-33-47)64-56-27-14-12-24-50(56)52-40-43(31-37-58(52)64)42-30-36-57-51(39-42)49-23-11-13-26-55(49)63(57)46-21-9-4-10-22-46/h2-40H,1H2/b38-16-,54-29-. The molecule has 64 heavy (non-hydrogen) atoms. The molecule has 12 aromatic rings. The fourth-order valence-electron chi connectivity index (χ4n) is 10.9. The molecule has 0 aliphatic heterocycles. The van der Waals surface area contributed by atoms with E-state index < -0.39 is 5.41 Å². The summed E-state index contributed by atoms with van der Waals surface area (Å²) in [5, 5.41) is 8.29. The summed E-state index contributed by atoms with van der Waals surface area (Å²) < 4.78 is 7.17. The Morgan fingerprint density at radius 1 is 0.359 bits per heavy atom. The van der Waals surface area contributed by atoms with Gasteiger partial charge >= 0.3 is 0 Å². The molecule has 3 nitrogen and oxygen atoms in total. The molecule has 0 spiro atoms. The molecule has 0 fully saturated rings. The van der Waals surface area contributed by atoms with E-state index in [4.69, 9.17) is 6.58 Å². The third kappa shape index (κ3) is 5.22. The number of rotatable bonds is 6. The average Bonchev–Trinajstić information content (AvgIpc) is 3.98. The molecule has 0 radical (unpaired) electrons. The van der Waals surface area contributed by atoms with E-state index in [1.54, 1.807) is 0 Å². The third-order valence-corrected chi connectivity index (χ3v) is 13.7. The number of benzene rings is 9. The summed E-state index contributed by atoms with van der Waals surface area (Å²) in [6, 6.07) is 79.6. The van der Waals surface area contributed by atoms with Crippen LogP contribution in [-0.4, -0.2) is 13.7 Å². The number of allylic oxidation sites excluding steroid dienone is 2. The van der Waals surface area contributed by atoms with Crippen molar-refractivity contribution in [3.63, 3.8) is 0 Å². The highest BCUT2D eigenvalue weighted by molar-refractivity contribution is 6.12. The molecule has 0 atom stereocenters. The summed E-state index contributed by atoms with van der Waals surface area (Å²) in [6.45, 7) is 4.77. The molecular weight excluding hydrogens is 775 g/mol. The van der Waals surface area contributed by atoms with Crippen LogP contribution in [0.4, 0.5) is 0 Å². The lowest BCUT2D eigenvalue weighted by molar-refractivity contribution is 0.786. The highest BCUT2D eigenvalue weighted by atomic mass is 15.0. The summed E-state index contributed by atoms with van der Waals surface area (Å²) in [7, 11) is 0. The summed E-state index contributed by atoms with van der Waals surface area (Å²) in [5.41, 5.74) is 14.9. The molecule has 3 heteroatoms. The van der Waals surface area contributed by atoms with Crippen molar-refractivity contribution in [1.82, 2.24) is 13.7 Å². The minimum atomic E-state index is -0.495. The van der Waals surface area contributed by atoms with Gasteiger partial charge in [0.1, 0.15) is 0 Å². The minimum absolute atomic E-state index is 0.495. The van der Waals surface area contributed by atoms with E-state index in [0.717, 1.165) is 27.5 Å². The quantitative estimate of drug-likeness (QED) is 0.159. The molecule has 9 aromatic carbocycles. The average molecular weight is 816 g/mol.